The van der Waals surface area contributed by atoms with E-state index >= 15 is 0 Å². The summed E-state index contributed by atoms with van der Waals surface area (Å²) in [6.07, 6.45) is 4.19. The number of aliphatic hydroxyl groups excluding tert-OH is 2. The first-order valence-electron chi connectivity index (χ1n) is 22.9. The number of carbonyl (C=O) groups is 4. The van der Waals surface area contributed by atoms with Crippen LogP contribution < -0.4 is 0 Å². The van der Waals surface area contributed by atoms with Crippen LogP contribution >= 0.6 is 11.8 Å². The minimum absolute atomic E-state index is 0.00346. The Morgan fingerprint density at radius 2 is 0.986 bits per heavy atom. The number of hydrogen-bond donors (Lipinski definition) is 2. The Morgan fingerprint density at radius 3 is 1.32 bits per heavy atom. The fourth-order valence-corrected chi connectivity index (χ4v) is 10.1. The number of nitrogens with zero attached hydrogens (tertiary/aromatic N) is 6. The van der Waals surface area contributed by atoms with Gasteiger partial charge in [-0.05, 0) is 82.3 Å². The molecule has 2 N–H and O–H groups in total. The van der Waals surface area contributed by atoms with Gasteiger partial charge >= 0.3 is 0 Å². The lowest BCUT2D eigenvalue weighted by molar-refractivity contribution is -0.387. The highest BCUT2D eigenvalue weighted by Crippen LogP contribution is 2.50. The predicted molar refractivity (Wildman–Crippen MR) is 266 cm³/mol. The molecule has 0 radical (unpaired) electrons. The molecule has 0 bridgehead atoms. The van der Waals surface area contributed by atoms with Crippen molar-refractivity contribution >= 4 is 58.9 Å². The molecular weight excluding hydrogens is 901 g/mol. The van der Waals surface area contributed by atoms with Crippen LogP contribution in [0.2, 0.25) is 0 Å². The zero-order valence-corrected chi connectivity index (χ0v) is 41.0. The van der Waals surface area contributed by atoms with Crippen LogP contribution in [-0.4, -0.2) is 130 Å². The summed E-state index contributed by atoms with van der Waals surface area (Å²) < 4.78 is 0. The number of nitro groups is 2. The van der Waals surface area contributed by atoms with E-state index in [0.29, 0.717) is 22.3 Å². The average molecular weight is 961 g/mol. The number of nitro benzene ring substituents is 2. The molecule has 4 atom stereocenters. The van der Waals surface area contributed by atoms with E-state index in [1.54, 1.807) is 64.6 Å². The van der Waals surface area contributed by atoms with E-state index in [1.165, 1.54) is 56.0 Å². The van der Waals surface area contributed by atoms with E-state index in [4.69, 9.17) is 0 Å². The topological polar surface area (TPSA) is 208 Å². The summed E-state index contributed by atoms with van der Waals surface area (Å²) in [6, 6.07) is 20.8. The van der Waals surface area contributed by atoms with E-state index in [0.717, 1.165) is 22.9 Å². The van der Waals surface area contributed by atoms with Crippen molar-refractivity contribution < 1.29 is 39.2 Å². The van der Waals surface area contributed by atoms with Gasteiger partial charge in [-0.2, -0.15) is 0 Å². The molecule has 4 aromatic rings. The molecule has 16 nitrogen and oxygen atoms in total. The average Bonchev–Trinajstić information content (AvgIpc) is 3.32. The highest BCUT2D eigenvalue weighted by molar-refractivity contribution is 7.99. The molecule has 364 valence electrons. The second-order valence-electron chi connectivity index (χ2n) is 18.5. The first-order valence-corrected chi connectivity index (χ1v) is 23.7. The highest BCUT2D eigenvalue weighted by atomic mass is 32.2. The highest BCUT2D eigenvalue weighted by Gasteiger charge is 2.37. The molecule has 4 aromatic carbocycles. The fourth-order valence-electron chi connectivity index (χ4n) is 9.08. The Bertz CT molecular complexity index is 2520. The molecule has 0 spiro atoms. The van der Waals surface area contributed by atoms with Crippen LogP contribution in [0.3, 0.4) is 0 Å². The zero-order valence-electron chi connectivity index (χ0n) is 40.2. The van der Waals surface area contributed by atoms with Crippen molar-refractivity contribution in [1.29, 1.82) is 0 Å². The number of rotatable bonds is 14. The van der Waals surface area contributed by atoms with Crippen molar-refractivity contribution in [1.82, 2.24) is 19.6 Å². The predicted octanol–water partition coefficient (Wildman–Crippen LogP) is 7.86. The van der Waals surface area contributed by atoms with Crippen molar-refractivity contribution in [3.05, 3.63) is 127 Å². The third-order valence-corrected chi connectivity index (χ3v) is 13.8. The molecule has 4 unspecified atom stereocenters. The molecular formula is C52H60N6O10S. The minimum atomic E-state index is -0.912. The standard InChI is InChI=1S/C52H60N6O10S/c1-31(2)35-13-9-11-15-37(35)47-33(19-23-45(61)55-27-25-41(59)39(29-55)51(63)53(5)6)17-21-43(49(47)57(65)66)69-44-22-18-34(48(50(44)58(67)68)38-16-12-10-14-36(38)32(3)4)20-24-46(62)56-28-26-42(60)40(30-56)52(64)54(7)8/h9-24,31-32,39-42,59-60H,25-30H2,1-8H3. The summed E-state index contributed by atoms with van der Waals surface area (Å²) in [6.45, 7) is 8.24. The molecule has 0 aliphatic carbocycles. The van der Waals surface area contributed by atoms with Gasteiger partial charge in [-0.1, -0.05) is 100 Å². The largest absolute Gasteiger partial charge is 0.392 e. The Morgan fingerprint density at radius 1 is 0.623 bits per heavy atom. The third-order valence-electron chi connectivity index (χ3n) is 12.7. The number of piperidine rings is 2. The van der Waals surface area contributed by atoms with E-state index in [-0.39, 0.29) is 95.0 Å². The van der Waals surface area contributed by atoms with E-state index in [1.807, 2.05) is 52.0 Å². The quantitative estimate of drug-likeness (QED) is 0.0707. The van der Waals surface area contributed by atoms with Gasteiger partial charge < -0.3 is 29.8 Å². The van der Waals surface area contributed by atoms with Crippen molar-refractivity contribution in [3.63, 3.8) is 0 Å². The Hall–Kier alpha value is -6.69. The van der Waals surface area contributed by atoms with Crippen molar-refractivity contribution in [3.8, 4) is 22.3 Å². The summed E-state index contributed by atoms with van der Waals surface area (Å²) in [4.78, 5) is 85.0. The summed E-state index contributed by atoms with van der Waals surface area (Å²) in [5.74, 6) is -3.27. The van der Waals surface area contributed by atoms with Crippen LogP contribution in [0.4, 0.5) is 11.4 Å². The molecule has 2 saturated heterocycles. The van der Waals surface area contributed by atoms with Gasteiger partial charge in [0.25, 0.3) is 11.4 Å². The number of likely N-dealkylation sites (tertiary alicyclic amines) is 2. The van der Waals surface area contributed by atoms with Crippen LogP contribution in [0.25, 0.3) is 34.4 Å². The summed E-state index contributed by atoms with van der Waals surface area (Å²) >= 11 is 0.865. The van der Waals surface area contributed by atoms with E-state index in [2.05, 4.69) is 0 Å². The number of amides is 4. The second kappa shape index (κ2) is 22.2. The van der Waals surface area contributed by atoms with Crippen LogP contribution in [0, 0.1) is 32.1 Å². The molecule has 0 saturated carbocycles. The first kappa shape index (κ1) is 51.7. The normalized spacial score (nSPS) is 18.6. The van der Waals surface area contributed by atoms with Gasteiger partial charge in [-0.15, -0.1) is 0 Å². The number of aliphatic hydroxyl groups is 2. The molecule has 4 amide bonds. The van der Waals surface area contributed by atoms with Gasteiger partial charge in [0.2, 0.25) is 23.6 Å². The number of carbonyl (C=O) groups excluding carboxylic acids is 4. The molecule has 69 heavy (non-hydrogen) atoms. The Balaban J connectivity index is 1.48. The first-order chi connectivity index (χ1) is 32.7. The lowest BCUT2D eigenvalue weighted by atomic mass is 9.89. The molecule has 0 aromatic heterocycles. The van der Waals surface area contributed by atoms with Crippen LogP contribution in [0.1, 0.15) is 74.6 Å². The van der Waals surface area contributed by atoms with E-state index in [9.17, 15) is 49.6 Å². The van der Waals surface area contributed by atoms with Gasteiger partial charge in [-0.25, -0.2) is 0 Å². The van der Waals surface area contributed by atoms with Crippen molar-refractivity contribution in [2.24, 2.45) is 11.8 Å². The SMILES string of the molecule is CC(C)c1ccccc1-c1c(C=CC(=O)N2CCC(O)C(C(=O)N(C)C)C2)ccc(Sc2ccc(C=CC(=O)N3CCC(O)C(C(=O)N(C)C)C3)c(-c3ccccc3C(C)C)c2[N+](=O)[O-])c1[N+](=O)[O-]. The third kappa shape index (κ3) is 11.4. The zero-order chi connectivity index (χ0) is 50.4. The summed E-state index contributed by atoms with van der Waals surface area (Å²) in [5.41, 5.74) is 3.12. The van der Waals surface area contributed by atoms with Gasteiger partial charge in [0.05, 0.1) is 54.8 Å². The second-order valence-corrected chi connectivity index (χ2v) is 19.6. The molecule has 6 rings (SSSR count). The summed E-state index contributed by atoms with van der Waals surface area (Å²) in [5, 5.41) is 48.2. The molecule has 2 aliphatic rings. The van der Waals surface area contributed by atoms with Crippen LogP contribution in [0.15, 0.2) is 94.7 Å². The van der Waals surface area contributed by atoms with E-state index < -0.39 is 45.7 Å². The molecule has 2 fully saturated rings. The lowest BCUT2D eigenvalue weighted by Crippen LogP contribution is -2.51. The van der Waals surface area contributed by atoms with Gasteiger partial charge in [0.15, 0.2) is 0 Å². The maximum absolute atomic E-state index is 13.7. The van der Waals surface area contributed by atoms with Gasteiger partial charge in [-0.3, -0.25) is 39.4 Å². The number of hydrogen-bond acceptors (Lipinski definition) is 11. The Kier molecular flexibility index (Phi) is 16.6. The fraction of sp³-hybridized carbons (Fsp3) is 0.385. The maximum Gasteiger partial charge on any atom is 0.291 e. The van der Waals surface area contributed by atoms with Crippen molar-refractivity contribution in [2.75, 3.05) is 54.4 Å². The van der Waals surface area contributed by atoms with Gasteiger partial charge in [0.1, 0.15) is 0 Å². The molecule has 2 heterocycles. The van der Waals surface area contributed by atoms with Gasteiger partial charge in [0, 0.05) is 66.5 Å². The van der Waals surface area contributed by atoms with Crippen LogP contribution in [0.5, 0.6) is 0 Å². The number of benzene rings is 4. The lowest BCUT2D eigenvalue weighted by Gasteiger charge is -2.36. The Labute approximate surface area is 406 Å². The summed E-state index contributed by atoms with van der Waals surface area (Å²) in [7, 11) is 6.33. The molecule has 2 aliphatic heterocycles. The monoisotopic (exact) mass is 960 g/mol. The smallest absolute Gasteiger partial charge is 0.291 e. The molecule has 17 heteroatoms. The van der Waals surface area contributed by atoms with Crippen LogP contribution in [-0.2, 0) is 19.2 Å². The van der Waals surface area contributed by atoms with Crippen molar-refractivity contribution in [2.45, 2.75) is 74.4 Å². The minimum Gasteiger partial charge on any atom is -0.392 e. The maximum atomic E-state index is 13.7.